The lowest BCUT2D eigenvalue weighted by Crippen LogP contribution is -2.06. The minimum absolute atomic E-state index is 0.0819. The normalized spacial score (nSPS) is 10.4. The van der Waals surface area contributed by atoms with Crippen molar-refractivity contribution >= 4 is 5.78 Å². The van der Waals surface area contributed by atoms with Crippen LogP contribution in [0, 0.1) is 0 Å². The average Bonchev–Trinajstić information content (AvgIpc) is 2.46. The molecule has 2 aromatic carbocycles. The van der Waals surface area contributed by atoms with E-state index in [0.717, 1.165) is 11.6 Å². The minimum atomic E-state index is -0.292. The molecule has 0 bridgehead atoms. The summed E-state index contributed by atoms with van der Waals surface area (Å²) in [7, 11) is 0. The summed E-state index contributed by atoms with van der Waals surface area (Å²) in [6.07, 6.45) is 0.661. The van der Waals surface area contributed by atoms with E-state index in [9.17, 15) is 20.1 Å². The number of Topliss-reactive ketones (excluding diaryl/α,β-unsaturated/α-hetero) is 1. The molecule has 0 aliphatic carbocycles. The van der Waals surface area contributed by atoms with Gasteiger partial charge in [0, 0.05) is 18.6 Å². The number of aromatic hydroxyl groups is 3. The van der Waals surface area contributed by atoms with Gasteiger partial charge in [0.15, 0.2) is 5.78 Å². The van der Waals surface area contributed by atoms with Crippen molar-refractivity contribution in [2.75, 3.05) is 6.61 Å². The van der Waals surface area contributed by atoms with Gasteiger partial charge in [0.1, 0.15) is 28.6 Å². The quantitative estimate of drug-likeness (QED) is 0.714. The van der Waals surface area contributed by atoms with Gasteiger partial charge in [-0.25, -0.2) is 0 Å². The Balaban J connectivity index is 2.16. The summed E-state index contributed by atoms with van der Waals surface area (Å²) in [4.78, 5) is 12.3. The summed E-state index contributed by atoms with van der Waals surface area (Å²) in [5.41, 5.74) is 0.987. The van der Waals surface area contributed by atoms with E-state index in [-0.39, 0.29) is 40.8 Å². The first kappa shape index (κ1) is 15.7. The number of hydrogen-bond donors (Lipinski definition) is 3. The second kappa shape index (κ2) is 6.85. The first-order valence-electron chi connectivity index (χ1n) is 7.01. The van der Waals surface area contributed by atoms with Gasteiger partial charge in [0.05, 0.1) is 6.61 Å². The second-order valence-corrected chi connectivity index (χ2v) is 4.86. The predicted molar refractivity (Wildman–Crippen MR) is 81.7 cm³/mol. The van der Waals surface area contributed by atoms with Gasteiger partial charge < -0.3 is 20.1 Å². The van der Waals surface area contributed by atoms with Crippen molar-refractivity contribution in [2.45, 2.75) is 19.8 Å². The van der Waals surface area contributed by atoms with Crippen LogP contribution in [0.25, 0.3) is 0 Å². The molecule has 2 rings (SSSR count). The molecule has 22 heavy (non-hydrogen) atoms. The number of aryl methyl sites for hydroxylation is 1. The van der Waals surface area contributed by atoms with Crippen LogP contribution >= 0.6 is 0 Å². The predicted octanol–water partition coefficient (Wildman–Crippen LogP) is 3.02. The van der Waals surface area contributed by atoms with Crippen LogP contribution in [0.3, 0.4) is 0 Å². The zero-order chi connectivity index (χ0) is 16.1. The highest BCUT2D eigenvalue weighted by Gasteiger charge is 2.19. The number of phenols is 3. The first-order chi connectivity index (χ1) is 10.5. The van der Waals surface area contributed by atoms with Crippen LogP contribution in [0.1, 0.15) is 29.3 Å². The van der Waals surface area contributed by atoms with E-state index in [4.69, 9.17) is 4.74 Å². The van der Waals surface area contributed by atoms with Gasteiger partial charge in [-0.15, -0.1) is 0 Å². The van der Waals surface area contributed by atoms with E-state index in [0.29, 0.717) is 13.0 Å². The van der Waals surface area contributed by atoms with Crippen molar-refractivity contribution in [1.82, 2.24) is 0 Å². The van der Waals surface area contributed by atoms with Gasteiger partial charge in [-0.2, -0.15) is 0 Å². The topological polar surface area (TPSA) is 87.0 Å². The maximum atomic E-state index is 12.3. The minimum Gasteiger partial charge on any atom is -0.508 e. The highest BCUT2D eigenvalue weighted by atomic mass is 16.5. The fraction of sp³-hybridized carbons (Fsp3) is 0.235. The maximum Gasteiger partial charge on any atom is 0.170 e. The van der Waals surface area contributed by atoms with Crippen molar-refractivity contribution in [3.63, 3.8) is 0 Å². The molecule has 0 saturated carbocycles. The van der Waals surface area contributed by atoms with Crippen LogP contribution in [-0.2, 0) is 6.42 Å². The molecule has 2 aromatic rings. The molecule has 0 amide bonds. The zero-order valence-corrected chi connectivity index (χ0v) is 12.2. The molecule has 0 atom stereocenters. The number of carbonyl (C=O) groups excluding carboxylic acids is 1. The van der Waals surface area contributed by atoms with Gasteiger partial charge >= 0.3 is 0 Å². The molecule has 0 fully saturated rings. The number of phenolic OH excluding ortho intramolecular Hbond substituents is 3. The molecule has 5 heteroatoms. The number of ketones is 1. The summed E-state index contributed by atoms with van der Waals surface area (Å²) in [6, 6.07) is 9.03. The molecule has 0 aromatic heterocycles. The van der Waals surface area contributed by atoms with Crippen LogP contribution in [0.5, 0.6) is 23.0 Å². The third-order valence-electron chi connectivity index (χ3n) is 3.22. The molecule has 0 spiro atoms. The van der Waals surface area contributed by atoms with E-state index < -0.39 is 0 Å². The largest absolute Gasteiger partial charge is 0.508 e. The Bertz CT molecular complexity index is 661. The first-order valence-corrected chi connectivity index (χ1v) is 7.01. The van der Waals surface area contributed by atoms with Crippen LogP contribution < -0.4 is 4.74 Å². The Labute approximate surface area is 128 Å². The molecule has 116 valence electrons. The fourth-order valence-electron chi connectivity index (χ4n) is 2.18. The summed E-state index contributed by atoms with van der Waals surface area (Å²) in [5, 5.41) is 28.6. The lowest BCUT2D eigenvalue weighted by molar-refractivity contribution is 0.0976. The lowest BCUT2D eigenvalue weighted by atomic mass is 10.0. The average molecular weight is 302 g/mol. The summed E-state index contributed by atoms with van der Waals surface area (Å²) < 4.78 is 5.31. The number of ether oxygens (including phenoxy) is 1. The fourth-order valence-corrected chi connectivity index (χ4v) is 2.18. The van der Waals surface area contributed by atoms with E-state index in [1.807, 2.05) is 0 Å². The van der Waals surface area contributed by atoms with Crippen molar-refractivity contribution in [2.24, 2.45) is 0 Å². The Morgan fingerprint density at radius 1 is 1.05 bits per heavy atom. The highest BCUT2D eigenvalue weighted by Crippen LogP contribution is 2.34. The van der Waals surface area contributed by atoms with Crippen molar-refractivity contribution in [1.29, 1.82) is 0 Å². The van der Waals surface area contributed by atoms with Gasteiger partial charge in [0.25, 0.3) is 0 Å². The molecule has 0 aliphatic rings. The number of hydrogen-bond acceptors (Lipinski definition) is 5. The van der Waals surface area contributed by atoms with Crippen LogP contribution in [0.4, 0.5) is 0 Å². The SMILES string of the molecule is CCOc1cc(O)cc(O)c1C(=O)CCc1ccc(O)cc1. The Morgan fingerprint density at radius 3 is 2.36 bits per heavy atom. The van der Waals surface area contributed by atoms with Gasteiger partial charge in [0.2, 0.25) is 0 Å². The number of rotatable bonds is 6. The van der Waals surface area contributed by atoms with Crippen LogP contribution in [0.2, 0.25) is 0 Å². The standard InChI is InChI=1S/C17H18O5/c1-2-22-16-10-13(19)9-15(21)17(16)14(20)8-5-11-3-6-12(18)7-4-11/h3-4,6-7,9-10,18-19,21H,2,5,8H2,1H3. The van der Waals surface area contributed by atoms with Crippen LogP contribution in [-0.4, -0.2) is 27.7 Å². The Hall–Kier alpha value is -2.69. The molecule has 0 heterocycles. The zero-order valence-electron chi connectivity index (χ0n) is 12.2. The second-order valence-electron chi connectivity index (χ2n) is 4.86. The molecule has 0 aliphatic heterocycles. The summed E-state index contributed by atoms with van der Waals surface area (Å²) in [6.45, 7) is 2.08. The third kappa shape index (κ3) is 3.69. The molecular formula is C17H18O5. The number of carbonyl (C=O) groups is 1. The lowest BCUT2D eigenvalue weighted by Gasteiger charge is -2.12. The van der Waals surface area contributed by atoms with Crippen molar-refractivity contribution in [3.05, 3.63) is 47.5 Å². The summed E-state index contributed by atoms with van der Waals surface area (Å²) >= 11 is 0. The highest BCUT2D eigenvalue weighted by molar-refractivity contribution is 6.01. The molecular weight excluding hydrogens is 284 g/mol. The molecule has 5 nitrogen and oxygen atoms in total. The van der Waals surface area contributed by atoms with Gasteiger partial charge in [-0.3, -0.25) is 4.79 Å². The van der Waals surface area contributed by atoms with E-state index >= 15 is 0 Å². The van der Waals surface area contributed by atoms with Crippen molar-refractivity contribution < 1.29 is 24.9 Å². The van der Waals surface area contributed by atoms with E-state index in [1.165, 1.54) is 6.07 Å². The maximum absolute atomic E-state index is 12.3. The smallest absolute Gasteiger partial charge is 0.170 e. The van der Waals surface area contributed by atoms with E-state index in [1.54, 1.807) is 31.2 Å². The van der Waals surface area contributed by atoms with Crippen LogP contribution in [0.15, 0.2) is 36.4 Å². The third-order valence-corrected chi connectivity index (χ3v) is 3.22. The monoisotopic (exact) mass is 302 g/mol. The molecule has 0 radical (unpaired) electrons. The molecule has 3 N–H and O–H groups in total. The van der Waals surface area contributed by atoms with E-state index in [2.05, 4.69) is 0 Å². The Morgan fingerprint density at radius 2 is 1.73 bits per heavy atom. The summed E-state index contributed by atoms with van der Waals surface area (Å²) in [5.74, 6) is -0.371. The van der Waals surface area contributed by atoms with Gasteiger partial charge in [-0.1, -0.05) is 12.1 Å². The molecule has 0 unspecified atom stereocenters. The van der Waals surface area contributed by atoms with Gasteiger partial charge in [-0.05, 0) is 31.0 Å². The molecule has 0 saturated heterocycles. The Kier molecular flexibility index (Phi) is 4.88. The van der Waals surface area contributed by atoms with Crippen molar-refractivity contribution in [3.8, 4) is 23.0 Å². The number of benzene rings is 2.